The zero-order valence-corrected chi connectivity index (χ0v) is 13.4. The molecular weight excluding hydrogens is 262 g/mol. The first-order chi connectivity index (χ1) is 10.3. The molecule has 1 aromatic carbocycles. The standard InChI is InChI=1S/C18H29NO2/c1-15(2)13-19-10-7-16-5-3-4-6-17(16)14-21-18-8-11-20-12-9-18/h3-6,15,18-19H,7-14H2,1-2H3. The molecule has 0 amide bonds. The predicted octanol–water partition coefficient (Wildman–Crippen LogP) is 3.17. The first-order valence-electron chi connectivity index (χ1n) is 8.22. The Morgan fingerprint density at radius 3 is 2.62 bits per heavy atom. The zero-order chi connectivity index (χ0) is 14.9. The Bertz CT molecular complexity index is 400. The van der Waals surface area contributed by atoms with Gasteiger partial charge < -0.3 is 14.8 Å². The van der Waals surface area contributed by atoms with E-state index in [1.165, 1.54) is 11.1 Å². The predicted molar refractivity (Wildman–Crippen MR) is 86.5 cm³/mol. The van der Waals surface area contributed by atoms with Gasteiger partial charge in [0.05, 0.1) is 12.7 Å². The first-order valence-corrected chi connectivity index (χ1v) is 8.22. The van der Waals surface area contributed by atoms with E-state index < -0.39 is 0 Å². The summed E-state index contributed by atoms with van der Waals surface area (Å²) in [4.78, 5) is 0. The molecule has 1 aromatic rings. The molecule has 1 heterocycles. The Kier molecular flexibility index (Phi) is 7.20. The highest BCUT2D eigenvalue weighted by molar-refractivity contribution is 5.26. The molecule has 1 aliphatic heterocycles. The van der Waals surface area contributed by atoms with Crippen LogP contribution in [0.15, 0.2) is 24.3 Å². The molecule has 3 heteroatoms. The largest absolute Gasteiger partial charge is 0.381 e. The number of hydrogen-bond acceptors (Lipinski definition) is 3. The van der Waals surface area contributed by atoms with Crippen molar-refractivity contribution in [2.45, 2.75) is 45.8 Å². The third-order valence-corrected chi connectivity index (χ3v) is 3.88. The summed E-state index contributed by atoms with van der Waals surface area (Å²) in [5, 5.41) is 3.51. The van der Waals surface area contributed by atoms with E-state index in [1.807, 2.05) is 0 Å². The van der Waals surface area contributed by atoms with Crippen LogP contribution < -0.4 is 5.32 Å². The van der Waals surface area contributed by atoms with Gasteiger partial charge in [0.25, 0.3) is 0 Å². The van der Waals surface area contributed by atoms with Crippen LogP contribution >= 0.6 is 0 Å². The number of rotatable bonds is 8. The lowest BCUT2D eigenvalue weighted by atomic mass is 10.0. The molecule has 1 saturated heterocycles. The molecular formula is C18H29NO2. The van der Waals surface area contributed by atoms with Crippen molar-refractivity contribution in [2.24, 2.45) is 5.92 Å². The Hall–Kier alpha value is -0.900. The maximum atomic E-state index is 6.05. The van der Waals surface area contributed by atoms with Gasteiger partial charge in [-0.15, -0.1) is 0 Å². The fourth-order valence-electron chi connectivity index (χ4n) is 2.61. The molecule has 0 bridgehead atoms. The Balaban J connectivity index is 1.78. The van der Waals surface area contributed by atoms with E-state index in [0.29, 0.717) is 12.0 Å². The number of hydrogen-bond donors (Lipinski definition) is 1. The molecule has 21 heavy (non-hydrogen) atoms. The first kappa shape index (κ1) is 16.5. The molecule has 0 aliphatic carbocycles. The number of benzene rings is 1. The van der Waals surface area contributed by atoms with Gasteiger partial charge in [0.1, 0.15) is 0 Å². The highest BCUT2D eigenvalue weighted by atomic mass is 16.5. The second kappa shape index (κ2) is 9.19. The smallest absolute Gasteiger partial charge is 0.0723 e. The monoisotopic (exact) mass is 291 g/mol. The van der Waals surface area contributed by atoms with E-state index in [-0.39, 0.29) is 0 Å². The van der Waals surface area contributed by atoms with Crippen LogP contribution in [0.25, 0.3) is 0 Å². The van der Waals surface area contributed by atoms with Crippen LogP contribution in [0.2, 0.25) is 0 Å². The third-order valence-electron chi connectivity index (χ3n) is 3.88. The van der Waals surface area contributed by atoms with Gasteiger partial charge in [0.15, 0.2) is 0 Å². The molecule has 0 saturated carbocycles. The molecule has 0 unspecified atom stereocenters. The van der Waals surface area contributed by atoms with Crippen molar-refractivity contribution in [3.8, 4) is 0 Å². The van der Waals surface area contributed by atoms with Gasteiger partial charge in [-0.05, 0) is 49.4 Å². The van der Waals surface area contributed by atoms with Crippen molar-refractivity contribution in [3.05, 3.63) is 35.4 Å². The Morgan fingerprint density at radius 2 is 1.90 bits per heavy atom. The molecule has 118 valence electrons. The van der Waals surface area contributed by atoms with E-state index in [0.717, 1.165) is 52.2 Å². The summed E-state index contributed by atoms with van der Waals surface area (Å²) in [6, 6.07) is 8.64. The summed E-state index contributed by atoms with van der Waals surface area (Å²) in [6.45, 7) is 9.00. The second-order valence-electron chi connectivity index (χ2n) is 6.24. The summed E-state index contributed by atoms with van der Waals surface area (Å²) in [6.07, 6.45) is 3.49. The summed E-state index contributed by atoms with van der Waals surface area (Å²) in [5.74, 6) is 0.706. The zero-order valence-electron chi connectivity index (χ0n) is 13.4. The van der Waals surface area contributed by atoms with Crippen LogP contribution in [0, 0.1) is 5.92 Å². The molecule has 2 rings (SSSR count). The normalized spacial score (nSPS) is 16.5. The van der Waals surface area contributed by atoms with Crippen molar-refractivity contribution in [1.29, 1.82) is 0 Å². The third kappa shape index (κ3) is 6.16. The maximum absolute atomic E-state index is 6.05. The van der Waals surface area contributed by atoms with Gasteiger partial charge in [0.2, 0.25) is 0 Å². The van der Waals surface area contributed by atoms with Crippen LogP contribution in [0.5, 0.6) is 0 Å². The van der Waals surface area contributed by atoms with E-state index in [4.69, 9.17) is 9.47 Å². The van der Waals surface area contributed by atoms with E-state index in [9.17, 15) is 0 Å². The Morgan fingerprint density at radius 1 is 1.19 bits per heavy atom. The van der Waals surface area contributed by atoms with E-state index in [2.05, 4.69) is 43.4 Å². The van der Waals surface area contributed by atoms with Crippen LogP contribution in [-0.2, 0) is 22.5 Å². The minimum Gasteiger partial charge on any atom is -0.381 e. The van der Waals surface area contributed by atoms with Gasteiger partial charge >= 0.3 is 0 Å². The van der Waals surface area contributed by atoms with Gasteiger partial charge in [-0.2, -0.15) is 0 Å². The molecule has 1 aliphatic rings. The highest BCUT2D eigenvalue weighted by Gasteiger charge is 2.14. The molecule has 0 aromatic heterocycles. The number of nitrogens with one attached hydrogen (secondary N) is 1. The molecule has 0 radical (unpaired) electrons. The van der Waals surface area contributed by atoms with Crippen molar-refractivity contribution >= 4 is 0 Å². The van der Waals surface area contributed by atoms with Crippen LogP contribution in [0.4, 0.5) is 0 Å². The summed E-state index contributed by atoms with van der Waals surface area (Å²) in [7, 11) is 0. The van der Waals surface area contributed by atoms with Crippen molar-refractivity contribution in [3.63, 3.8) is 0 Å². The lowest BCUT2D eigenvalue weighted by Gasteiger charge is -2.23. The molecule has 3 nitrogen and oxygen atoms in total. The lowest BCUT2D eigenvalue weighted by molar-refractivity contribution is -0.0392. The lowest BCUT2D eigenvalue weighted by Crippen LogP contribution is -2.24. The van der Waals surface area contributed by atoms with Gasteiger partial charge in [-0.25, -0.2) is 0 Å². The van der Waals surface area contributed by atoms with Gasteiger partial charge in [-0.1, -0.05) is 38.1 Å². The molecule has 1 fully saturated rings. The van der Waals surface area contributed by atoms with Crippen molar-refractivity contribution in [1.82, 2.24) is 5.32 Å². The summed E-state index contributed by atoms with van der Waals surface area (Å²) < 4.78 is 11.4. The second-order valence-corrected chi connectivity index (χ2v) is 6.24. The summed E-state index contributed by atoms with van der Waals surface area (Å²) in [5.41, 5.74) is 2.73. The fraction of sp³-hybridized carbons (Fsp3) is 0.667. The van der Waals surface area contributed by atoms with E-state index >= 15 is 0 Å². The van der Waals surface area contributed by atoms with Crippen LogP contribution in [0.3, 0.4) is 0 Å². The maximum Gasteiger partial charge on any atom is 0.0723 e. The minimum atomic E-state index is 0.367. The van der Waals surface area contributed by atoms with E-state index in [1.54, 1.807) is 0 Å². The Labute approximate surface area is 129 Å². The van der Waals surface area contributed by atoms with Crippen LogP contribution in [0.1, 0.15) is 37.8 Å². The van der Waals surface area contributed by atoms with Gasteiger partial charge in [-0.3, -0.25) is 0 Å². The average molecular weight is 291 g/mol. The van der Waals surface area contributed by atoms with Crippen molar-refractivity contribution < 1.29 is 9.47 Å². The average Bonchev–Trinajstić information content (AvgIpc) is 2.51. The fourth-order valence-corrected chi connectivity index (χ4v) is 2.61. The summed E-state index contributed by atoms with van der Waals surface area (Å²) >= 11 is 0. The van der Waals surface area contributed by atoms with Gasteiger partial charge in [0, 0.05) is 13.2 Å². The SMILES string of the molecule is CC(C)CNCCc1ccccc1COC1CCOCC1. The number of ether oxygens (including phenoxy) is 2. The minimum absolute atomic E-state index is 0.367. The highest BCUT2D eigenvalue weighted by Crippen LogP contribution is 2.16. The molecule has 0 atom stereocenters. The van der Waals surface area contributed by atoms with Crippen molar-refractivity contribution in [2.75, 3.05) is 26.3 Å². The quantitative estimate of drug-likeness (QED) is 0.746. The topological polar surface area (TPSA) is 30.5 Å². The van der Waals surface area contributed by atoms with Crippen LogP contribution in [-0.4, -0.2) is 32.4 Å². The molecule has 0 spiro atoms. The molecule has 1 N–H and O–H groups in total.